The number of imidazole rings is 2. The highest BCUT2D eigenvalue weighted by Crippen LogP contribution is 2.55. The van der Waals surface area contributed by atoms with Crippen molar-refractivity contribution in [2.75, 3.05) is 37.4 Å². The molecule has 0 saturated heterocycles. The third-order valence-electron chi connectivity index (χ3n) is 8.25. The molecule has 0 saturated carbocycles. The first-order valence-electron chi connectivity index (χ1n) is 16.5. The summed E-state index contributed by atoms with van der Waals surface area (Å²) >= 11 is 0. The Morgan fingerprint density at radius 2 is 1.33 bits per heavy atom. The van der Waals surface area contributed by atoms with E-state index in [0.29, 0.717) is 35.9 Å². The van der Waals surface area contributed by atoms with Crippen molar-refractivity contribution in [2.24, 2.45) is 0 Å². The summed E-state index contributed by atoms with van der Waals surface area (Å²) in [6.07, 6.45) is 2.60. The Balaban J connectivity index is 0.000000167. The summed E-state index contributed by atoms with van der Waals surface area (Å²) in [4.78, 5) is 44.5. The predicted octanol–water partition coefficient (Wildman–Crippen LogP) is 3.57. The SMILES string of the molecule is Cc1ccc2c(c1)COP(=O)(COCCn1cnc3c(=O)[nH]c(N)nc31)O2.Cc1cccc2c1OP(=O)(COCCn1cnc3c(=O)[nH]c(N)nc31)OC2. The largest absolute Gasteiger partial charge is 0.422 e. The molecular weight excluding hydrogens is 746 g/mol. The quantitative estimate of drug-likeness (QED) is 0.114. The van der Waals surface area contributed by atoms with Crippen LogP contribution in [0, 0.1) is 13.8 Å². The standard InChI is InChI=1S/2C16H18N5O5P/c1-10-2-3-12-11(6-10)7-25-27(23,26-12)9-24-5-4-21-8-18-13-14(21)19-16(17)20-15(13)22;1-10-3-2-4-11-7-25-27(23,26-13(10)11)9-24-6-5-21-8-18-12-14(21)19-16(17)20-15(12)22/h2-3,6,8H,4-5,7,9H2,1H3,(H3,17,19,20,22);2-4,8H,5-7,9H2,1H3,(H3,17,19,20,22). The number of benzene rings is 2. The predicted molar refractivity (Wildman–Crippen MR) is 195 cm³/mol. The van der Waals surface area contributed by atoms with Crippen LogP contribution < -0.4 is 31.6 Å². The number of aromatic amines is 2. The van der Waals surface area contributed by atoms with Crippen molar-refractivity contribution >= 4 is 49.4 Å². The molecule has 2 aliphatic rings. The number of nitrogens with one attached hydrogen (secondary N) is 2. The van der Waals surface area contributed by atoms with Gasteiger partial charge in [-0.25, -0.2) is 19.1 Å². The number of aryl methyl sites for hydroxylation is 2. The summed E-state index contributed by atoms with van der Waals surface area (Å²) in [5.74, 6) is 1.17. The van der Waals surface area contributed by atoms with E-state index in [1.54, 1.807) is 15.2 Å². The number of fused-ring (bicyclic) bond motifs is 4. The normalized spacial score (nSPS) is 19.0. The number of anilines is 2. The van der Waals surface area contributed by atoms with Gasteiger partial charge in [0.25, 0.3) is 11.1 Å². The molecule has 2 unspecified atom stereocenters. The topological polar surface area (TPSA) is 269 Å². The molecule has 0 fully saturated rings. The number of rotatable bonds is 10. The first kappa shape index (κ1) is 37.0. The van der Waals surface area contributed by atoms with Gasteiger partial charge < -0.3 is 39.1 Å². The fourth-order valence-corrected chi connectivity index (χ4v) is 8.37. The van der Waals surface area contributed by atoms with E-state index < -0.39 is 26.3 Å². The first-order valence-corrected chi connectivity index (χ1v) is 20.0. The molecular formula is C32H36N10O10P2. The molecule has 0 aliphatic carbocycles. The van der Waals surface area contributed by atoms with Crippen LogP contribution in [0.2, 0.25) is 0 Å². The molecule has 22 heteroatoms. The number of ether oxygens (including phenoxy) is 2. The monoisotopic (exact) mass is 782 g/mol. The second-order valence-electron chi connectivity index (χ2n) is 12.3. The number of H-pyrrole nitrogens is 2. The van der Waals surface area contributed by atoms with Gasteiger partial charge in [0.1, 0.15) is 11.5 Å². The van der Waals surface area contributed by atoms with Gasteiger partial charge in [-0.3, -0.25) is 28.6 Å². The van der Waals surface area contributed by atoms with Crippen LogP contribution in [0.25, 0.3) is 22.3 Å². The molecule has 6 heterocycles. The molecule has 0 amide bonds. The number of hydrogen-bond donors (Lipinski definition) is 4. The van der Waals surface area contributed by atoms with Crippen molar-refractivity contribution in [3.8, 4) is 11.5 Å². The molecule has 6 aromatic rings. The number of aromatic nitrogens is 8. The Morgan fingerprint density at radius 3 is 1.93 bits per heavy atom. The van der Waals surface area contributed by atoms with E-state index in [1.807, 2.05) is 44.2 Å². The molecule has 0 radical (unpaired) electrons. The molecule has 54 heavy (non-hydrogen) atoms. The smallest absolute Gasteiger partial charge is 0.405 e. The molecule has 8 rings (SSSR count). The highest BCUT2D eigenvalue weighted by Gasteiger charge is 2.34. The molecule has 0 bridgehead atoms. The fraction of sp³-hybridized carbons (Fsp3) is 0.312. The summed E-state index contributed by atoms with van der Waals surface area (Å²) in [5, 5.41) is 0. The zero-order valence-corrected chi connectivity index (χ0v) is 30.9. The van der Waals surface area contributed by atoms with Crippen molar-refractivity contribution in [1.82, 2.24) is 39.0 Å². The minimum Gasteiger partial charge on any atom is -0.422 e. The highest BCUT2D eigenvalue weighted by atomic mass is 31.2. The van der Waals surface area contributed by atoms with Gasteiger partial charge >= 0.3 is 15.2 Å². The lowest BCUT2D eigenvalue weighted by molar-refractivity contribution is 0.132. The van der Waals surface area contributed by atoms with Crippen LogP contribution in [0.5, 0.6) is 11.5 Å². The zero-order chi connectivity index (χ0) is 38.0. The Hall–Kier alpha value is -5.36. The van der Waals surface area contributed by atoms with Crippen molar-refractivity contribution in [3.05, 3.63) is 92.0 Å². The highest BCUT2D eigenvalue weighted by molar-refractivity contribution is 7.54. The maximum Gasteiger partial charge on any atom is 0.405 e. The van der Waals surface area contributed by atoms with Crippen molar-refractivity contribution in [2.45, 2.75) is 40.2 Å². The van der Waals surface area contributed by atoms with Gasteiger partial charge in [-0.1, -0.05) is 35.9 Å². The van der Waals surface area contributed by atoms with Gasteiger partial charge in [0.2, 0.25) is 11.9 Å². The van der Waals surface area contributed by atoms with Crippen LogP contribution in [0.4, 0.5) is 11.9 Å². The third-order valence-corrected chi connectivity index (χ3v) is 11.2. The Morgan fingerprint density at radius 1 is 0.778 bits per heavy atom. The van der Waals surface area contributed by atoms with Gasteiger partial charge in [-0.15, -0.1) is 0 Å². The van der Waals surface area contributed by atoms with Gasteiger partial charge in [0, 0.05) is 24.2 Å². The van der Waals surface area contributed by atoms with Gasteiger partial charge in [0.05, 0.1) is 39.1 Å². The van der Waals surface area contributed by atoms with E-state index >= 15 is 0 Å². The summed E-state index contributed by atoms with van der Waals surface area (Å²) in [7, 11) is -6.75. The van der Waals surface area contributed by atoms with Crippen molar-refractivity contribution in [1.29, 1.82) is 0 Å². The number of nitrogens with two attached hydrogens (primary N) is 2. The summed E-state index contributed by atoms with van der Waals surface area (Å²) in [5.41, 5.74) is 15.1. The van der Waals surface area contributed by atoms with E-state index in [4.69, 9.17) is 39.0 Å². The van der Waals surface area contributed by atoms with Crippen LogP contribution in [-0.2, 0) is 54.0 Å². The summed E-state index contributed by atoms with van der Waals surface area (Å²) in [6.45, 7) is 5.40. The molecule has 284 valence electrons. The summed E-state index contributed by atoms with van der Waals surface area (Å²) < 4.78 is 61.6. The third kappa shape index (κ3) is 8.08. The van der Waals surface area contributed by atoms with Crippen molar-refractivity contribution in [3.63, 3.8) is 0 Å². The lowest BCUT2D eigenvalue weighted by atomic mass is 10.1. The molecule has 6 N–H and O–H groups in total. The van der Waals surface area contributed by atoms with Gasteiger partial charge in [-0.2, -0.15) is 9.97 Å². The van der Waals surface area contributed by atoms with Gasteiger partial charge in [0.15, 0.2) is 35.0 Å². The van der Waals surface area contributed by atoms with Gasteiger partial charge in [-0.05, 0) is 25.5 Å². The van der Waals surface area contributed by atoms with Crippen molar-refractivity contribution < 1.29 is 36.7 Å². The molecule has 2 atom stereocenters. The van der Waals surface area contributed by atoms with E-state index in [1.165, 1.54) is 12.7 Å². The number of para-hydroxylation sites is 1. The number of nitrogen functional groups attached to an aromatic ring is 2. The molecule has 4 aromatic heterocycles. The minimum atomic E-state index is -3.38. The minimum absolute atomic E-state index is 0.0116. The van der Waals surface area contributed by atoms with E-state index in [9.17, 15) is 18.7 Å². The van der Waals surface area contributed by atoms with E-state index in [-0.39, 0.29) is 62.1 Å². The maximum absolute atomic E-state index is 12.7. The molecule has 20 nitrogen and oxygen atoms in total. The average molecular weight is 783 g/mol. The fourth-order valence-electron chi connectivity index (χ4n) is 5.62. The second kappa shape index (κ2) is 15.2. The molecule has 2 aliphatic heterocycles. The number of nitrogens with zero attached hydrogens (tertiary/aromatic N) is 6. The second-order valence-corrected chi connectivity index (χ2v) is 16.2. The van der Waals surface area contributed by atoms with Crippen LogP contribution in [0.1, 0.15) is 22.3 Å². The van der Waals surface area contributed by atoms with E-state index in [0.717, 1.165) is 22.3 Å². The van der Waals surface area contributed by atoms with Crippen LogP contribution >= 0.6 is 15.2 Å². The Labute approximate surface area is 305 Å². The van der Waals surface area contributed by atoms with Crippen LogP contribution in [0.15, 0.2) is 58.6 Å². The lowest BCUT2D eigenvalue weighted by Crippen LogP contribution is -2.15. The summed E-state index contributed by atoms with van der Waals surface area (Å²) in [6, 6.07) is 11.3. The van der Waals surface area contributed by atoms with Crippen LogP contribution in [0.3, 0.4) is 0 Å². The average Bonchev–Trinajstić information content (AvgIpc) is 3.74. The lowest BCUT2D eigenvalue weighted by Gasteiger charge is -2.26. The maximum atomic E-state index is 12.7. The molecule has 0 spiro atoms. The van der Waals surface area contributed by atoms with E-state index in [2.05, 4.69) is 29.9 Å². The molecule has 2 aromatic carbocycles. The Bertz CT molecular complexity index is 2570. The first-order chi connectivity index (χ1) is 25.9. The van der Waals surface area contributed by atoms with Crippen LogP contribution in [-0.4, -0.2) is 64.9 Å². The number of hydrogen-bond acceptors (Lipinski definition) is 16. The Kier molecular flexibility index (Phi) is 10.4. The zero-order valence-electron chi connectivity index (χ0n) is 29.1.